The van der Waals surface area contributed by atoms with Gasteiger partial charge in [-0.2, -0.15) is 0 Å². The number of carbonyl (C=O) groups excluding carboxylic acids is 7. The number of nitrogens with zero attached hydrogens (tertiary/aromatic N) is 4. The third-order valence-electron chi connectivity index (χ3n) is 12.5. The molecule has 3 aromatic rings. The lowest BCUT2D eigenvalue weighted by Crippen LogP contribution is -2.61. The highest BCUT2D eigenvalue weighted by atomic mass is 19.1. The molecule has 1 aromatic heterocycles. The number of nitrogens with two attached hydrogens (primary N) is 1. The molecule has 6 amide bonds. The number of carboxylic acids is 1. The first kappa shape index (κ1) is 54.3. The third-order valence-corrected chi connectivity index (χ3v) is 12.5. The lowest BCUT2D eigenvalue weighted by atomic mass is 9.82. The Morgan fingerprint density at radius 2 is 1.57 bits per heavy atom. The SMILES string of the molecule is CC(C)[C@H](NC(=O)CC(C(=O)CN1C(=O)C=CC1=O)N(C(=O)[C@@H](N)CCN(C(=O)CO)[C@@H](c1cc(-c2cc(F)ccc2F)cn1Cc1ccccc1)C(C)(C)C)C1CCNCC1)C(=O)N[C@@H](C)C(=O)O. The van der Waals surface area contributed by atoms with Gasteiger partial charge in [0.15, 0.2) is 5.78 Å². The van der Waals surface area contributed by atoms with E-state index >= 15 is 9.18 Å². The number of aliphatic carboxylic acids is 1. The van der Waals surface area contributed by atoms with Crippen molar-refractivity contribution in [2.75, 3.05) is 32.8 Å². The molecule has 70 heavy (non-hydrogen) atoms. The molecule has 1 fully saturated rings. The van der Waals surface area contributed by atoms with Gasteiger partial charge >= 0.3 is 5.97 Å². The molecule has 2 aliphatic rings. The van der Waals surface area contributed by atoms with Crippen molar-refractivity contribution in [1.82, 2.24) is 35.2 Å². The van der Waals surface area contributed by atoms with Crippen LogP contribution in [0.15, 0.2) is 72.9 Å². The minimum absolute atomic E-state index is 0.0188. The summed E-state index contributed by atoms with van der Waals surface area (Å²) >= 11 is 0. The summed E-state index contributed by atoms with van der Waals surface area (Å²) in [6, 6.07) is 6.81. The first-order valence-corrected chi connectivity index (χ1v) is 23.3. The van der Waals surface area contributed by atoms with E-state index in [9.17, 15) is 48.2 Å². The van der Waals surface area contributed by atoms with Crippen LogP contribution in [0.5, 0.6) is 0 Å². The van der Waals surface area contributed by atoms with E-state index in [0.717, 1.165) is 35.9 Å². The van der Waals surface area contributed by atoms with E-state index in [0.29, 0.717) is 42.1 Å². The molecule has 5 atom stereocenters. The molecule has 0 radical (unpaired) electrons. The number of hydrogen-bond acceptors (Lipinski definition) is 11. The number of rotatable bonds is 22. The lowest BCUT2D eigenvalue weighted by Gasteiger charge is -2.42. The molecule has 2 aromatic carbocycles. The smallest absolute Gasteiger partial charge is 0.325 e. The summed E-state index contributed by atoms with van der Waals surface area (Å²) in [5.74, 6) is -8.89. The van der Waals surface area contributed by atoms with E-state index in [1.807, 2.05) is 55.7 Å². The van der Waals surface area contributed by atoms with Crippen molar-refractivity contribution in [3.05, 3.63) is 95.8 Å². The highest BCUT2D eigenvalue weighted by Gasteiger charge is 2.43. The molecule has 3 heterocycles. The quantitative estimate of drug-likeness (QED) is 0.0796. The van der Waals surface area contributed by atoms with Gasteiger partial charge in [0.2, 0.25) is 23.6 Å². The number of amides is 6. The number of imide groups is 1. The van der Waals surface area contributed by atoms with Gasteiger partial charge in [-0.05, 0) is 80.4 Å². The summed E-state index contributed by atoms with van der Waals surface area (Å²) in [6.45, 7) is 9.09. The van der Waals surface area contributed by atoms with Crippen LogP contribution in [0.4, 0.5) is 8.78 Å². The molecule has 0 bridgehead atoms. The maximum atomic E-state index is 15.3. The fourth-order valence-corrected chi connectivity index (χ4v) is 8.89. The standard InChI is InChI=1S/C50H64F2N8O10/c1-29(2)45(47(67)55-30(3)49(69)70)56-41(63)24-38(40(62)27-59-42(64)14-15-43(59)65)60(34-16-19-54-20-17-34)48(68)37(53)18-21-58(44(66)28-61)46(50(4,5)6)39-22-32(35-23-33(51)12-13-36(35)52)26-57(39)25-31-10-8-7-9-11-31/h7-15,22-23,26,29-30,34,37-38,45-46,54,61H,16-21,24-25,27-28,53H2,1-6H3,(H,55,67)(H,56,63)(H,69,70)/t30-,37-,38?,45-,46-/m0/s1. The average molecular weight is 975 g/mol. The molecule has 1 saturated heterocycles. The summed E-state index contributed by atoms with van der Waals surface area (Å²) in [6.07, 6.45) is 3.22. The maximum Gasteiger partial charge on any atom is 0.325 e. The van der Waals surface area contributed by atoms with Gasteiger partial charge < -0.3 is 46.3 Å². The van der Waals surface area contributed by atoms with Gasteiger partial charge in [-0.15, -0.1) is 0 Å². The summed E-state index contributed by atoms with van der Waals surface area (Å²) in [5, 5.41) is 27.9. The zero-order chi connectivity index (χ0) is 51.6. The van der Waals surface area contributed by atoms with Crippen LogP contribution in [-0.4, -0.2) is 140 Å². The van der Waals surface area contributed by atoms with Crippen LogP contribution in [0.2, 0.25) is 0 Å². The predicted octanol–water partition coefficient (Wildman–Crippen LogP) is 2.67. The van der Waals surface area contributed by atoms with E-state index < -0.39 is 126 Å². The average Bonchev–Trinajstić information content (AvgIpc) is 3.86. The summed E-state index contributed by atoms with van der Waals surface area (Å²) in [5.41, 5.74) is 7.62. The molecule has 7 N–H and O–H groups in total. The molecular weight excluding hydrogens is 911 g/mol. The second-order valence-corrected chi connectivity index (χ2v) is 19.2. The zero-order valence-corrected chi connectivity index (χ0v) is 40.3. The monoisotopic (exact) mass is 974 g/mol. The Bertz CT molecular complexity index is 2430. The van der Waals surface area contributed by atoms with Gasteiger partial charge in [0, 0.05) is 54.3 Å². The number of halogens is 2. The molecular formula is C50H64F2N8O10. The van der Waals surface area contributed by atoms with Crippen LogP contribution in [0, 0.1) is 23.0 Å². The number of aliphatic hydroxyl groups is 1. The van der Waals surface area contributed by atoms with E-state index in [2.05, 4.69) is 16.0 Å². The number of nitrogens with one attached hydrogen (secondary N) is 3. The van der Waals surface area contributed by atoms with Crippen LogP contribution in [0.1, 0.15) is 84.5 Å². The number of aromatic nitrogens is 1. The highest BCUT2D eigenvalue weighted by molar-refractivity contribution is 6.15. The Labute approximate surface area is 405 Å². The second kappa shape index (κ2) is 23.8. The molecule has 1 unspecified atom stereocenters. The Morgan fingerprint density at radius 3 is 2.16 bits per heavy atom. The Morgan fingerprint density at radius 1 is 0.929 bits per heavy atom. The van der Waals surface area contributed by atoms with Crippen molar-refractivity contribution in [3.63, 3.8) is 0 Å². The first-order chi connectivity index (χ1) is 33.0. The van der Waals surface area contributed by atoms with Crippen molar-refractivity contribution < 1.29 is 57.4 Å². The Balaban J connectivity index is 1.52. The van der Waals surface area contributed by atoms with Crippen LogP contribution in [0.25, 0.3) is 11.1 Å². The summed E-state index contributed by atoms with van der Waals surface area (Å²) < 4.78 is 31.7. The Kier molecular flexibility index (Phi) is 18.4. The van der Waals surface area contributed by atoms with E-state index in [1.54, 1.807) is 26.1 Å². The number of aliphatic hydroxyl groups excluding tert-OH is 1. The first-order valence-electron chi connectivity index (χ1n) is 23.3. The largest absolute Gasteiger partial charge is 0.480 e. The van der Waals surface area contributed by atoms with Gasteiger partial charge in [0.05, 0.1) is 25.0 Å². The molecule has 0 spiro atoms. The number of hydrogen-bond donors (Lipinski definition) is 6. The molecule has 20 heteroatoms. The number of ketones is 1. The minimum Gasteiger partial charge on any atom is -0.480 e. The molecule has 2 aliphatic heterocycles. The summed E-state index contributed by atoms with van der Waals surface area (Å²) in [7, 11) is 0. The fraction of sp³-hybridized carbons (Fsp3) is 0.480. The van der Waals surface area contributed by atoms with Gasteiger partial charge in [0.25, 0.3) is 11.8 Å². The van der Waals surface area contributed by atoms with Gasteiger partial charge in [-0.25, -0.2) is 8.78 Å². The maximum absolute atomic E-state index is 15.3. The van der Waals surface area contributed by atoms with Crippen molar-refractivity contribution in [2.45, 2.75) is 110 Å². The fourth-order valence-electron chi connectivity index (χ4n) is 8.89. The lowest BCUT2D eigenvalue weighted by molar-refractivity contribution is -0.149. The third kappa shape index (κ3) is 13.6. The van der Waals surface area contributed by atoms with E-state index in [1.165, 1.54) is 16.7 Å². The van der Waals surface area contributed by atoms with Gasteiger partial charge in [-0.3, -0.25) is 43.3 Å². The van der Waals surface area contributed by atoms with Crippen molar-refractivity contribution in [1.29, 1.82) is 0 Å². The molecule has 0 aliphatic carbocycles. The number of piperidine rings is 1. The highest BCUT2D eigenvalue weighted by Crippen LogP contribution is 2.41. The summed E-state index contributed by atoms with van der Waals surface area (Å²) in [4.78, 5) is 111. The van der Waals surface area contributed by atoms with Gasteiger partial charge in [-0.1, -0.05) is 65.0 Å². The van der Waals surface area contributed by atoms with Crippen LogP contribution >= 0.6 is 0 Å². The zero-order valence-electron chi connectivity index (χ0n) is 40.3. The molecule has 5 rings (SSSR count). The van der Waals surface area contributed by atoms with Crippen LogP contribution in [0.3, 0.4) is 0 Å². The van der Waals surface area contributed by atoms with E-state index in [4.69, 9.17) is 5.73 Å². The van der Waals surface area contributed by atoms with Crippen molar-refractivity contribution >= 4 is 47.2 Å². The number of benzene rings is 2. The van der Waals surface area contributed by atoms with Crippen LogP contribution in [-0.2, 0) is 44.9 Å². The number of Topliss-reactive ketones (excluding diaryl/α,β-unsaturated/α-hetero) is 1. The van der Waals surface area contributed by atoms with E-state index in [-0.39, 0.29) is 25.1 Å². The predicted molar refractivity (Wildman–Crippen MR) is 253 cm³/mol. The van der Waals surface area contributed by atoms with Crippen molar-refractivity contribution in [3.8, 4) is 11.1 Å². The second-order valence-electron chi connectivity index (χ2n) is 19.2. The number of carbonyl (C=O) groups is 8. The minimum atomic E-state index is -1.64. The molecule has 0 saturated carbocycles. The Hall–Kier alpha value is -6.64. The van der Waals surface area contributed by atoms with Crippen LogP contribution < -0.4 is 21.7 Å². The van der Waals surface area contributed by atoms with Gasteiger partial charge in [0.1, 0.15) is 36.4 Å². The normalized spacial score (nSPS) is 16.4. The van der Waals surface area contributed by atoms with Crippen molar-refractivity contribution in [2.24, 2.45) is 17.1 Å². The molecule has 378 valence electrons. The number of carboxylic acid groups (broad SMARTS) is 1. The topological polar surface area (TPSA) is 254 Å². The molecule has 18 nitrogen and oxygen atoms in total.